The lowest BCUT2D eigenvalue weighted by Gasteiger charge is -2.04. The van der Waals surface area contributed by atoms with Crippen LogP contribution in [0.1, 0.15) is 5.69 Å². The number of H-pyrrole nitrogens is 1. The molecule has 0 amide bonds. The molecule has 2 heterocycles. The number of rotatable bonds is 2. The molecular weight excluding hydrogens is 236 g/mol. The number of nitrogen functional groups attached to an aromatic ring is 1. The predicted octanol–water partition coefficient (Wildman–Crippen LogP) is 3.03. The van der Waals surface area contributed by atoms with E-state index in [-0.39, 0.29) is 0 Å². The van der Waals surface area contributed by atoms with Crippen LogP contribution in [0.4, 0.5) is 5.95 Å². The number of imidazole rings is 1. The second-order valence-electron chi connectivity index (χ2n) is 4.45. The molecule has 2 aromatic heterocycles. The van der Waals surface area contributed by atoms with Gasteiger partial charge in [0.2, 0.25) is 0 Å². The molecule has 0 saturated carbocycles. The van der Waals surface area contributed by atoms with E-state index < -0.39 is 0 Å². The molecule has 0 radical (unpaired) electrons. The van der Waals surface area contributed by atoms with Crippen molar-refractivity contribution in [2.24, 2.45) is 0 Å². The molecule has 0 aliphatic heterocycles. The minimum atomic E-state index is 0.434. The highest BCUT2D eigenvalue weighted by Crippen LogP contribution is 2.24. The van der Waals surface area contributed by atoms with E-state index >= 15 is 0 Å². The van der Waals surface area contributed by atoms with E-state index in [1.54, 1.807) is 6.20 Å². The lowest BCUT2D eigenvalue weighted by Crippen LogP contribution is -1.86. The number of hydrogen-bond donors (Lipinski definition) is 2. The van der Waals surface area contributed by atoms with Gasteiger partial charge in [-0.15, -0.1) is 0 Å². The lowest BCUT2D eigenvalue weighted by atomic mass is 10.0. The Morgan fingerprint density at radius 1 is 0.947 bits per heavy atom. The van der Waals surface area contributed by atoms with Crippen molar-refractivity contribution in [3.8, 4) is 22.4 Å². The van der Waals surface area contributed by atoms with Gasteiger partial charge in [-0.25, -0.2) is 4.98 Å². The first-order valence-corrected chi connectivity index (χ1v) is 6.06. The van der Waals surface area contributed by atoms with Crippen molar-refractivity contribution in [1.82, 2.24) is 15.0 Å². The van der Waals surface area contributed by atoms with E-state index in [1.807, 2.05) is 19.2 Å². The maximum Gasteiger partial charge on any atom is 0.197 e. The number of benzene rings is 1. The zero-order chi connectivity index (χ0) is 13.2. The highest BCUT2D eigenvalue weighted by molar-refractivity contribution is 5.69. The monoisotopic (exact) mass is 250 g/mol. The molecule has 0 saturated heterocycles. The van der Waals surface area contributed by atoms with Gasteiger partial charge in [-0.1, -0.05) is 24.3 Å². The minimum Gasteiger partial charge on any atom is -0.369 e. The summed E-state index contributed by atoms with van der Waals surface area (Å²) in [5, 5.41) is 0. The number of aryl methyl sites for hydroxylation is 1. The van der Waals surface area contributed by atoms with Crippen molar-refractivity contribution in [2.45, 2.75) is 6.92 Å². The van der Waals surface area contributed by atoms with Crippen LogP contribution in [0.5, 0.6) is 0 Å². The van der Waals surface area contributed by atoms with Gasteiger partial charge in [-0.05, 0) is 35.7 Å². The van der Waals surface area contributed by atoms with Gasteiger partial charge in [0.15, 0.2) is 5.95 Å². The molecule has 1 aromatic carbocycles. The maximum atomic E-state index is 5.58. The van der Waals surface area contributed by atoms with E-state index in [0.717, 1.165) is 17.0 Å². The normalized spacial score (nSPS) is 10.6. The molecule has 19 heavy (non-hydrogen) atoms. The number of aromatic nitrogens is 3. The van der Waals surface area contributed by atoms with Gasteiger partial charge >= 0.3 is 0 Å². The van der Waals surface area contributed by atoms with E-state index in [2.05, 4.69) is 45.3 Å². The summed E-state index contributed by atoms with van der Waals surface area (Å²) in [6.45, 7) is 1.99. The Balaban J connectivity index is 1.95. The highest BCUT2D eigenvalue weighted by atomic mass is 15.0. The Labute approximate surface area is 111 Å². The first-order chi connectivity index (χ1) is 9.22. The number of nitrogens with two attached hydrogens (primary N) is 1. The smallest absolute Gasteiger partial charge is 0.197 e. The van der Waals surface area contributed by atoms with Crippen LogP contribution >= 0.6 is 0 Å². The van der Waals surface area contributed by atoms with Crippen molar-refractivity contribution < 1.29 is 0 Å². The molecule has 3 aromatic rings. The molecule has 0 aliphatic carbocycles. The molecule has 0 bridgehead atoms. The zero-order valence-electron chi connectivity index (χ0n) is 10.6. The molecular formula is C15H14N4. The van der Waals surface area contributed by atoms with Crippen LogP contribution in [-0.2, 0) is 0 Å². The van der Waals surface area contributed by atoms with Crippen LogP contribution in [0, 0.1) is 6.92 Å². The Bertz CT molecular complexity index is 698. The van der Waals surface area contributed by atoms with Crippen LogP contribution in [0.2, 0.25) is 0 Å². The number of nitrogens with zero attached hydrogens (tertiary/aromatic N) is 2. The van der Waals surface area contributed by atoms with Crippen molar-refractivity contribution >= 4 is 5.95 Å². The Morgan fingerprint density at radius 3 is 2.32 bits per heavy atom. The molecule has 4 nitrogen and oxygen atoms in total. The van der Waals surface area contributed by atoms with Gasteiger partial charge in [0.25, 0.3) is 0 Å². The van der Waals surface area contributed by atoms with Crippen LogP contribution in [0.15, 0.2) is 48.8 Å². The summed E-state index contributed by atoms with van der Waals surface area (Å²) in [5.74, 6) is 0.434. The first-order valence-electron chi connectivity index (χ1n) is 6.06. The number of nitrogens with one attached hydrogen (secondary N) is 1. The number of hydrogen-bond acceptors (Lipinski definition) is 3. The molecule has 0 atom stereocenters. The molecule has 0 aliphatic rings. The standard InChI is InChI=1S/C15H14N4/c1-10-8-13(6-7-17-10)11-2-4-12(5-3-11)14-9-18-15(16)19-14/h2-9H,1H3,(H3,16,18,19). The Kier molecular flexibility index (Phi) is 2.76. The van der Waals surface area contributed by atoms with Crippen molar-refractivity contribution in [3.63, 3.8) is 0 Å². The second-order valence-corrected chi connectivity index (χ2v) is 4.45. The summed E-state index contributed by atoms with van der Waals surface area (Å²) in [4.78, 5) is 11.2. The Hall–Kier alpha value is -2.62. The van der Waals surface area contributed by atoms with Gasteiger partial charge in [-0.3, -0.25) is 4.98 Å². The first kappa shape index (κ1) is 11.5. The van der Waals surface area contributed by atoms with E-state index in [0.29, 0.717) is 5.95 Å². The summed E-state index contributed by atoms with van der Waals surface area (Å²) in [6.07, 6.45) is 3.56. The predicted molar refractivity (Wildman–Crippen MR) is 76.4 cm³/mol. The SMILES string of the molecule is Cc1cc(-c2ccc(-c3cnc(N)[nH]3)cc2)ccn1. The van der Waals surface area contributed by atoms with Crippen LogP contribution in [0.3, 0.4) is 0 Å². The summed E-state index contributed by atoms with van der Waals surface area (Å²) in [5.41, 5.74) is 10.9. The fraction of sp³-hybridized carbons (Fsp3) is 0.0667. The summed E-state index contributed by atoms with van der Waals surface area (Å²) < 4.78 is 0. The second kappa shape index (κ2) is 4.57. The fourth-order valence-corrected chi connectivity index (χ4v) is 2.05. The fourth-order valence-electron chi connectivity index (χ4n) is 2.05. The third kappa shape index (κ3) is 2.33. The van der Waals surface area contributed by atoms with Crippen LogP contribution in [0.25, 0.3) is 22.4 Å². The van der Waals surface area contributed by atoms with Crippen LogP contribution < -0.4 is 5.73 Å². The van der Waals surface area contributed by atoms with E-state index in [1.165, 1.54) is 11.1 Å². The topological polar surface area (TPSA) is 67.6 Å². The average molecular weight is 250 g/mol. The quantitative estimate of drug-likeness (QED) is 0.734. The average Bonchev–Trinajstić information content (AvgIpc) is 2.86. The molecule has 94 valence electrons. The zero-order valence-corrected chi connectivity index (χ0v) is 10.6. The summed E-state index contributed by atoms with van der Waals surface area (Å²) >= 11 is 0. The molecule has 0 fully saturated rings. The molecule has 4 heteroatoms. The van der Waals surface area contributed by atoms with Gasteiger partial charge in [0.05, 0.1) is 11.9 Å². The third-order valence-corrected chi connectivity index (χ3v) is 3.02. The van der Waals surface area contributed by atoms with Gasteiger partial charge < -0.3 is 10.7 Å². The number of aromatic amines is 1. The van der Waals surface area contributed by atoms with Gasteiger partial charge in [-0.2, -0.15) is 0 Å². The lowest BCUT2D eigenvalue weighted by molar-refractivity contribution is 1.20. The van der Waals surface area contributed by atoms with E-state index in [9.17, 15) is 0 Å². The summed E-state index contributed by atoms with van der Waals surface area (Å²) in [7, 11) is 0. The molecule has 0 spiro atoms. The Morgan fingerprint density at radius 2 is 1.68 bits per heavy atom. The summed E-state index contributed by atoms with van der Waals surface area (Å²) in [6, 6.07) is 12.4. The minimum absolute atomic E-state index is 0.434. The van der Waals surface area contributed by atoms with Crippen molar-refractivity contribution in [1.29, 1.82) is 0 Å². The van der Waals surface area contributed by atoms with Gasteiger partial charge in [0, 0.05) is 11.9 Å². The highest BCUT2D eigenvalue weighted by Gasteiger charge is 2.02. The third-order valence-electron chi connectivity index (χ3n) is 3.02. The molecule has 3 rings (SSSR count). The number of pyridine rings is 1. The van der Waals surface area contributed by atoms with Crippen LogP contribution in [-0.4, -0.2) is 15.0 Å². The van der Waals surface area contributed by atoms with Gasteiger partial charge in [0.1, 0.15) is 0 Å². The maximum absolute atomic E-state index is 5.58. The largest absolute Gasteiger partial charge is 0.369 e. The van der Waals surface area contributed by atoms with Crippen molar-refractivity contribution in [3.05, 3.63) is 54.5 Å². The van der Waals surface area contributed by atoms with E-state index in [4.69, 9.17) is 5.73 Å². The van der Waals surface area contributed by atoms with Crippen molar-refractivity contribution in [2.75, 3.05) is 5.73 Å². The number of anilines is 1. The molecule has 0 unspecified atom stereocenters. The molecule has 3 N–H and O–H groups in total.